The van der Waals surface area contributed by atoms with Crippen LogP contribution in [0, 0.1) is 0 Å². The average molecular weight is 362 g/mol. The van der Waals surface area contributed by atoms with Crippen LogP contribution in [0.4, 0.5) is 0 Å². The van der Waals surface area contributed by atoms with Gasteiger partial charge in [-0.3, -0.25) is 0 Å². The minimum atomic E-state index is -1.69. The zero-order valence-electron chi connectivity index (χ0n) is 13.9. The molecule has 0 heterocycles. The van der Waals surface area contributed by atoms with Crippen molar-refractivity contribution in [1.82, 2.24) is 0 Å². The van der Waals surface area contributed by atoms with Crippen LogP contribution in [0.15, 0.2) is 60.7 Å². The first-order valence-electron chi connectivity index (χ1n) is 7.59. The van der Waals surface area contributed by atoms with Gasteiger partial charge in [-0.2, -0.15) is 0 Å². The topological polar surface area (TPSA) is 167 Å². The third-order valence-electron chi connectivity index (χ3n) is 3.84. The maximum absolute atomic E-state index is 10.8. The van der Waals surface area contributed by atoms with Gasteiger partial charge in [0.25, 0.3) is 0 Å². The van der Waals surface area contributed by atoms with Crippen molar-refractivity contribution in [3.8, 4) is 0 Å². The maximum atomic E-state index is 10.8. The zero-order valence-corrected chi connectivity index (χ0v) is 13.9. The Morgan fingerprint density at radius 3 is 1.15 bits per heavy atom. The summed E-state index contributed by atoms with van der Waals surface area (Å²) < 4.78 is 0. The van der Waals surface area contributed by atoms with Crippen LogP contribution in [0.1, 0.15) is 11.1 Å². The van der Waals surface area contributed by atoms with E-state index in [4.69, 9.17) is 31.9 Å². The molecule has 8 nitrogen and oxygen atoms in total. The molecule has 0 radical (unpaired) electrons. The lowest BCUT2D eigenvalue weighted by Crippen LogP contribution is -2.48. The number of hydrogen-bond donors (Lipinski definition) is 6. The molecule has 8 heteroatoms. The summed E-state index contributed by atoms with van der Waals surface area (Å²) in [6.07, 6.45) is 0. The van der Waals surface area contributed by atoms with Gasteiger partial charge in [0, 0.05) is 0 Å². The van der Waals surface area contributed by atoms with Gasteiger partial charge in [0.05, 0.1) is 13.2 Å². The number of carboxylic acids is 2. The highest BCUT2D eigenvalue weighted by Gasteiger charge is 2.35. The van der Waals surface area contributed by atoms with Crippen molar-refractivity contribution in [3.63, 3.8) is 0 Å². The van der Waals surface area contributed by atoms with Crippen LogP contribution >= 0.6 is 0 Å². The summed E-state index contributed by atoms with van der Waals surface area (Å²) in [6.45, 7) is -1.24. The van der Waals surface area contributed by atoms with Gasteiger partial charge in [-0.15, -0.1) is 0 Å². The van der Waals surface area contributed by atoms with E-state index < -0.39 is 36.2 Å². The number of aliphatic hydroxyl groups is 2. The Balaban J connectivity index is 0.000000260. The van der Waals surface area contributed by atoms with Crippen molar-refractivity contribution >= 4 is 11.9 Å². The average Bonchev–Trinajstić information content (AvgIpc) is 2.68. The standard InChI is InChI=1S/2C9H11NO3/c2*10-9(6-11,8(12)13)7-4-2-1-3-5-7/h2*1-5,11H,6,10H2,(H,12,13)/t9-;/m1./s1. The number of aliphatic hydroxyl groups excluding tert-OH is 2. The normalized spacial score (nSPS) is 14.9. The fourth-order valence-corrected chi connectivity index (χ4v) is 2.04. The lowest BCUT2D eigenvalue weighted by molar-refractivity contribution is -0.146. The SMILES string of the molecule is NC(CO)(C(=O)O)c1ccccc1.N[C@@](CO)(C(=O)O)c1ccccc1. The Morgan fingerprint density at radius 2 is 0.962 bits per heavy atom. The van der Waals surface area contributed by atoms with E-state index in [1.807, 2.05) is 0 Å². The van der Waals surface area contributed by atoms with E-state index in [2.05, 4.69) is 0 Å². The van der Waals surface area contributed by atoms with E-state index in [1.165, 1.54) is 0 Å². The molecule has 0 amide bonds. The van der Waals surface area contributed by atoms with Crippen LogP contribution in [-0.2, 0) is 20.7 Å². The molecule has 0 bridgehead atoms. The van der Waals surface area contributed by atoms with Crippen LogP contribution in [-0.4, -0.2) is 45.6 Å². The molecule has 2 aromatic carbocycles. The minimum absolute atomic E-state index is 0.394. The monoisotopic (exact) mass is 362 g/mol. The van der Waals surface area contributed by atoms with Crippen LogP contribution in [0.25, 0.3) is 0 Å². The maximum Gasteiger partial charge on any atom is 0.330 e. The van der Waals surface area contributed by atoms with Crippen molar-refractivity contribution in [1.29, 1.82) is 0 Å². The van der Waals surface area contributed by atoms with Gasteiger partial charge >= 0.3 is 11.9 Å². The summed E-state index contributed by atoms with van der Waals surface area (Å²) in [7, 11) is 0. The van der Waals surface area contributed by atoms with E-state index in [-0.39, 0.29) is 0 Å². The Kier molecular flexibility index (Phi) is 7.41. The Hall–Kier alpha value is -2.78. The lowest BCUT2D eigenvalue weighted by atomic mass is 9.92. The van der Waals surface area contributed by atoms with Gasteiger partial charge in [-0.05, 0) is 11.1 Å². The molecule has 0 saturated carbocycles. The summed E-state index contributed by atoms with van der Waals surface area (Å²) in [6, 6.07) is 16.5. The second-order valence-electron chi connectivity index (χ2n) is 5.60. The van der Waals surface area contributed by atoms with Gasteiger partial charge in [-0.25, -0.2) is 9.59 Å². The number of rotatable bonds is 6. The van der Waals surface area contributed by atoms with Crippen molar-refractivity contribution in [2.45, 2.75) is 11.1 Å². The van der Waals surface area contributed by atoms with Crippen LogP contribution < -0.4 is 11.5 Å². The molecular weight excluding hydrogens is 340 g/mol. The van der Waals surface area contributed by atoms with Gasteiger partial charge in [0.15, 0.2) is 11.1 Å². The molecule has 0 aromatic heterocycles. The second-order valence-corrected chi connectivity index (χ2v) is 5.60. The van der Waals surface area contributed by atoms with Crippen LogP contribution in [0.5, 0.6) is 0 Å². The first-order chi connectivity index (χ1) is 12.2. The number of hydrogen-bond acceptors (Lipinski definition) is 6. The van der Waals surface area contributed by atoms with E-state index >= 15 is 0 Å². The predicted molar refractivity (Wildman–Crippen MR) is 94.1 cm³/mol. The lowest BCUT2D eigenvalue weighted by Gasteiger charge is -2.22. The summed E-state index contributed by atoms with van der Waals surface area (Å²) in [5.41, 5.74) is 8.42. The van der Waals surface area contributed by atoms with E-state index in [1.54, 1.807) is 60.7 Å². The Labute approximate surface area is 150 Å². The molecule has 26 heavy (non-hydrogen) atoms. The van der Waals surface area contributed by atoms with E-state index in [0.29, 0.717) is 11.1 Å². The molecule has 0 fully saturated rings. The first kappa shape index (κ1) is 21.3. The highest BCUT2D eigenvalue weighted by molar-refractivity contribution is 5.81. The van der Waals surface area contributed by atoms with Gasteiger partial charge in [0.1, 0.15) is 0 Å². The number of benzene rings is 2. The summed E-state index contributed by atoms with van der Waals surface area (Å²) in [4.78, 5) is 21.5. The molecule has 140 valence electrons. The fraction of sp³-hybridized carbons (Fsp3) is 0.222. The second kappa shape index (κ2) is 9.07. The number of carbonyl (C=O) groups is 2. The van der Waals surface area contributed by atoms with Crippen LogP contribution in [0.3, 0.4) is 0 Å². The molecule has 0 aliphatic carbocycles. The summed E-state index contributed by atoms with van der Waals surface area (Å²) >= 11 is 0. The molecule has 2 rings (SSSR count). The highest BCUT2D eigenvalue weighted by atomic mass is 16.4. The minimum Gasteiger partial charge on any atom is -0.480 e. The third kappa shape index (κ3) is 4.64. The molecule has 2 aromatic rings. The molecule has 0 aliphatic heterocycles. The van der Waals surface area contributed by atoms with Crippen molar-refractivity contribution in [2.75, 3.05) is 13.2 Å². The largest absolute Gasteiger partial charge is 0.480 e. The number of aliphatic carboxylic acids is 2. The van der Waals surface area contributed by atoms with Gasteiger partial charge in [0.2, 0.25) is 0 Å². The smallest absolute Gasteiger partial charge is 0.330 e. The van der Waals surface area contributed by atoms with E-state index in [0.717, 1.165) is 0 Å². The molecule has 2 atom stereocenters. The Bertz CT molecular complexity index is 661. The molecular formula is C18H22N2O6. The van der Waals surface area contributed by atoms with Crippen molar-refractivity contribution in [2.24, 2.45) is 11.5 Å². The van der Waals surface area contributed by atoms with Gasteiger partial charge in [-0.1, -0.05) is 60.7 Å². The molecule has 0 aliphatic rings. The summed E-state index contributed by atoms with van der Waals surface area (Å²) in [5.74, 6) is -2.47. The molecule has 0 spiro atoms. The summed E-state index contributed by atoms with van der Waals surface area (Å²) in [5, 5.41) is 35.4. The predicted octanol–water partition coefficient (Wildman–Crippen LogP) is -0.165. The third-order valence-corrected chi connectivity index (χ3v) is 3.84. The number of carboxylic acid groups (broad SMARTS) is 2. The Morgan fingerprint density at radius 1 is 0.692 bits per heavy atom. The van der Waals surface area contributed by atoms with Crippen molar-refractivity contribution < 1.29 is 30.0 Å². The molecule has 0 saturated heterocycles. The number of nitrogens with two attached hydrogens (primary N) is 2. The van der Waals surface area contributed by atoms with Crippen LogP contribution in [0.2, 0.25) is 0 Å². The van der Waals surface area contributed by atoms with Gasteiger partial charge < -0.3 is 31.9 Å². The molecule has 1 unspecified atom stereocenters. The quantitative estimate of drug-likeness (QED) is 0.412. The highest BCUT2D eigenvalue weighted by Crippen LogP contribution is 2.18. The van der Waals surface area contributed by atoms with Crippen molar-refractivity contribution in [3.05, 3.63) is 71.8 Å². The first-order valence-corrected chi connectivity index (χ1v) is 7.59. The fourth-order valence-electron chi connectivity index (χ4n) is 2.04. The van der Waals surface area contributed by atoms with E-state index in [9.17, 15) is 9.59 Å². The molecule has 8 N–H and O–H groups in total. The zero-order chi connectivity index (χ0) is 19.8.